The van der Waals surface area contributed by atoms with Gasteiger partial charge in [0.05, 0.1) is 4.90 Å². The molecule has 4 aromatic rings. The van der Waals surface area contributed by atoms with Crippen LogP contribution in [0.2, 0.25) is 0 Å². The van der Waals surface area contributed by atoms with Crippen molar-refractivity contribution in [1.29, 1.82) is 0 Å². The summed E-state index contributed by atoms with van der Waals surface area (Å²) in [7, 11) is -4.29. The van der Waals surface area contributed by atoms with E-state index in [-0.39, 0.29) is 4.90 Å². The smallest absolute Gasteiger partial charge is 0.308 e. The highest BCUT2D eigenvalue weighted by Crippen LogP contribution is 2.24. The van der Waals surface area contributed by atoms with Gasteiger partial charge in [-0.3, -0.25) is 4.55 Å². The molecule has 0 aliphatic heterocycles. The summed E-state index contributed by atoms with van der Waals surface area (Å²) in [6, 6.07) is 20.8. The van der Waals surface area contributed by atoms with Crippen LogP contribution in [0.15, 0.2) is 77.7 Å². The first kappa shape index (κ1) is 18.9. The van der Waals surface area contributed by atoms with E-state index in [1.807, 2.05) is 37.3 Å². The molecule has 0 saturated heterocycles. The van der Waals surface area contributed by atoms with Gasteiger partial charge in [-0.1, -0.05) is 42.0 Å². The maximum atomic E-state index is 12.4. The number of hydrogen-bond acceptors (Lipinski definition) is 3. The van der Waals surface area contributed by atoms with Gasteiger partial charge >= 0.3 is 6.03 Å². The Hall–Kier alpha value is -3.42. The molecule has 0 radical (unpaired) electrons. The maximum Gasteiger partial charge on any atom is 0.323 e. The Balaban J connectivity index is 1.55. The summed E-state index contributed by atoms with van der Waals surface area (Å²) in [6.07, 6.45) is 0. The monoisotopic (exact) mass is 406 g/mol. The van der Waals surface area contributed by atoms with Gasteiger partial charge in [0.25, 0.3) is 10.1 Å². The van der Waals surface area contributed by atoms with Crippen molar-refractivity contribution >= 4 is 49.1 Å². The normalized spacial score (nSPS) is 11.5. The number of aryl methyl sites for hydroxylation is 1. The predicted molar refractivity (Wildman–Crippen MR) is 115 cm³/mol. The van der Waals surface area contributed by atoms with Crippen molar-refractivity contribution in [2.75, 3.05) is 10.6 Å². The molecular formula is C22H18N2O4S. The molecule has 0 saturated carbocycles. The number of nitrogens with one attached hydrogen (secondary N) is 2. The zero-order chi connectivity index (χ0) is 20.6. The summed E-state index contributed by atoms with van der Waals surface area (Å²) >= 11 is 0. The van der Waals surface area contributed by atoms with Crippen LogP contribution in [-0.4, -0.2) is 19.0 Å². The Morgan fingerprint density at radius 1 is 0.724 bits per heavy atom. The highest BCUT2D eigenvalue weighted by Gasteiger charge is 2.10. The minimum atomic E-state index is -4.29. The molecule has 29 heavy (non-hydrogen) atoms. The second-order valence-corrected chi connectivity index (χ2v) is 8.26. The average molecular weight is 406 g/mol. The third-order valence-corrected chi connectivity index (χ3v) is 5.47. The summed E-state index contributed by atoms with van der Waals surface area (Å²) in [5, 5.41) is 9.03. The molecule has 6 nitrogen and oxygen atoms in total. The number of fused-ring (bicyclic) bond motifs is 2. The van der Waals surface area contributed by atoms with Crippen molar-refractivity contribution in [1.82, 2.24) is 0 Å². The lowest BCUT2D eigenvalue weighted by molar-refractivity contribution is 0.262. The van der Waals surface area contributed by atoms with Gasteiger partial charge in [-0.15, -0.1) is 0 Å². The lowest BCUT2D eigenvalue weighted by Crippen LogP contribution is -2.19. The van der Waals surface area contributed by atoms with E-state index in [2.05, 4.69) is 16.7 Å². The van der Waals surface area contributed by atoms with Crippen LogP contribution in [0.5, 0.6) is 0 Å². The third-order valence-electron chi connectivity index (χ3n) is 4.62. The zero-order valence-corrected chi connectivity index (χ0v) is 16.3. The Kier molecular flexibility index (Phi) is 4.70. The second-order valence-electron chi connectivity index (χ2n) is 6.84. The summed E-state index contributed by atoms with van der Waals surface area (Å²) in [5.74, 6) is 0. The Morgan fingerprint density at radius 2 is 1.24 bits per heavy atom. The van der Waals surface area contributed by atoms with Crippen LogP contribution in [0.3, 0.4) is 0 Å². The molecule has 4 rings (SSSR count). The van der Waals surface area contributed by atoms with Crippen LogP contribution < -0.4 is 10.6 Å². The highest BCUT2D eigenvalue weighted by molar-refractivity contribution is 7.85. The molecule has 7 heteroatoms. The molecule has 0 heterocycles. The number of benzene rings is 4. The van der Waals surface area contributed by atoms with E-state index < -0.39 is 16.1 Å². The third kappa shape index (κ3) is 4.21. The molecule has 2 amide bonds. The Morgan fingerprint density at radius 3 is 1.83 bits per heavy atom. The van der Waals surface area contributed by atoms with Crippen molar-refractivity contribution in [3.63, 3.8) is 0 Å². The van der Waals surface area contributed by atoms with E-state index in [9.17, 15) is 17.8 Å². The molecule has 0 atom stereocenters. The minimum absolute atomic E-state index is 0.196. The van der Waals surface area contributed by atoms with Crippen LogP contribution in [0, 0.1) is 6.92 Å². The van der Waals surface area contributed by atoms with Crippen molar-refractivity contribution < 1.29 is 17.8 Å². The SMILES string of the molecule is Cc1ccc2ccc(NC(=O)Nc3ccc4ccc(S(=O)(=O)O)cc4c3)cc2c1. The number of amides is 2. The van der Waals surface area contributed by atoms with Gasteiger partial charge in [-0.25, -0.2) is 4.79 Å². The van der Waals surface area contributed by atoms with E-state index in [4.69, 9.17) is 0 Å². The Labute approximate surface area is 167 Å². The van der Waals surface area contributed by atoms with Crippen molar-refractivity contribution in [2.24, 2.45) is 0 Å². The highest BCUT2D eigenvalue weighted by atomic mass is 32.2. The van der Waals surface area contributed by atoms with Crippen LogP contribution in [-0.2, 0) is 10.1 Å². The molecule has 0 fully saturated rings. The van der Waals surface area contributed by atoms with Crippen molar-refractivity contribution in [3.8, 4) is 0 Å². The second kappa shape index (κ2) is 7.20. The average Bonchev–Trinajstić information content (AvgIpc) is 2.66. The molecule has 0 aliphatic carbocycles. The number of rotatable bonds is 3. The number of carbonyl (C=O) groups excluding carboxylic acids is 1. The van der Waals surface area contributed by atoms with Gasteiger partial charge in [0, 0.05) is 11.4 Å². The lowest BCUT2D eigenvalue weighted by Gasteiger charge is -2.10. The molecule has 4 aromatic carbocycles. The Bertz CT molecular complexity index is 1360. The minimum Gasteiger partial charge on any atom is -0.308 e. The fourth-order valence-corrected chi connectivity index (χ4v) is 3.72. The maximum absolute atomic E-state index is 12.4. The zero-order valence-electron chi connectivity index (χ0n) is 15.5. The summed E-state index contributed by atoms with van der Waals surface area (Å²) in [5.41, 5.74) is 2.30. The van der Waals surface area contributed by atoms with E-state index in [0.717, 1.165) is 21.7 Å². The van der Waals surface area contributed by atoms with E-state index in [1.54, 1.807) is 24.3 Å². The standard InChI is InChI=1S/C22H18N2O4S/c1-14-2-3-15-4-7-19(11-17(15)10-14)23-22(25)24-20-8-5-16-6-9-21(29(26,27)28)13-18(16)12-20/h2-13H,1H3,(H2,23,24,25)(H,26,27,28). The van der Waals surface area contributed by atoms with Crippen molar-refractivity contribution in [2.45, 2.75) is 11.8 Å². The first-order valence-electron chi connectivity index (χ1n) is 8.88. The van der Waals surface area contributed by atoms with Gasteiger partial charge in [0.15, 0.2) is 0 Å². The molecule has 146 valence electrons. The number of hydrogen-bond donors (Lipinski definition) is 3. The van der Waals surface area contributed by atoms with E-state index >= 15 is 0 Å². The summed E-state index contributed by atoms with van der Waals surface area (Å²) in [6.45, 7) is 2.01. The summed E-state index contributed by atoms with van der Waals surface area (Å²) in [4.78, 5) is 12.2. The molecule has 0 aromatic heterocycles. The van der Waals surface area contributed by atoms with Crippen LogP contribution in [0.4, 0.5) is 16.2 Å². The fourth-order valence-electron chi connectivity index (χ4n) is 3.20. The molecule has 3 N–H and O–H groups in total. The molecule has 0 aliphatic rings. The molecule has 0 bridgehead atoms. The van der Waals surface area contributed by atoms with Gasteiger partial charge in [-0.2, -0.15) is 8.42 Å². The van der Waals surface area contributed by atoms with E-state index in [0.29, 0.717) is 16.8 Å². The van der Waals surface area contributed by atoms with Gasteiger partial charge in [0.2, 0.25) is 0 Å². The first-order valence-corrected chi connectivity index (χ1v) is 10.3. The molecule has 0 unspecified atom stereocenters. The van der Waals surface area contributed by atoms with Gasteiger partial charge in [-0.05, 0) is 64.9 Å². The quantitative estimate of drug-likeness (QED) is 0.408. The first-order chi connectivity index (χ1) is 13.8. The predicted octanol–water partition coefficient (Wildman–Crippen LogP) is 5.19. The van der Waals surface area contributed by atoms with Crippen LogP contribution >= 0.6 is 0 Å². The fraction of sp³-hybridized carbons (Fsp3) is 0.0455. The molecule has 0 spiro atoms. The largest absolute Gasteiger partial charge is 0.323 e. The topological polar surface area (TPSA) is 95.5 Å². The van der Waals surface area contributed by atoms with Crippen molar-refractivity contribution in [3.05, 3.63) is 78.4 Å². The summed E-state index contributed by atoms with van der Waals surface area (Å²) < 4.78 is 31.9. The molecular weight excluding hydrogens is 388 g/mol. The number of urea groups is 1. The number of carbonyl (C=O) groups is 1. The van der Waals surface area contributed by atoms with Gasteiger partial charge < -0.3 is 10.6 Å². The van der Waals surface area contributed by atoms with E-state index in [1.165, 1.54) is 12.1 Å². The van der Waals surface area contributed by atoms with Gasteiger partial charge in [0.1, 0.15) is 0 Å². The number of anilines is 2. The van der Waals surface area contributed by atoms with Crippen LogP contribution in [0.25, 0.3) is 21.5 Å². The van der Waals surface area contributed by atoms with Crippen LogP contribution in [0.1, 0.15) is 5.56 Å². The lowest BCUT2D eigenvalue weighted by atomic mass is 10.1.